The van der Waals surface area contributed by atoms with Gasteiger partial charge in [0.05, 0.1) is 22.6 Å². The average molecular weight is 296 g/mol. The van der Waals surface area contributed by atoms with E-state index in [2.05, 4.69) is 10.3 Å². The van der Waals surface area contributed by atoms with Gasteiger partial charge in [-0.3, -0.25) is 14.3 Å². The Bertz CT molecular complexity index is 625. The van der Waals surface area contributed by atoms with Gasteiger partial charge < -0.3 is 5.11 Å². The fraction of sp³-hybridized carbons (Fsp3) is 0.167. The van der Waals surface area contributed by atoms with Crippen LogP contribution >= 0.6 is 11.3 Å². The standard InChI is InChI=1S/C12H12N2O3S2/c1-2-19(17)10-7-13-12(18-10)14-11(16)8-5-3-4-6-9(8)15/h3-7,15H,2H2,1H3,(H,13,14,16). The van der Waals surface area contributed by atoms with Gasteiger partial charge in [-0.25, -0.2) is 4.98 Å². The number of benzene rings is 1. The molecule has 1 unspecified atom stereocenters. The summed E-state index contributed by atoms with van der Waals surface area (Å²) in [5.41, 5.74) is 0.177. The van der Waals surface area contributed by atoms with Crippen LogP contribution in [0.25, 0.3) is 0 Å². The molecule has 1 amide bonds. The Morgan fingerprint density at radius 2 is 2.21 bits per heavy atom. The number of phenols is 1. The van der Waals surface area contributed by atoms with E-state index in [1.54, 1.807) is 12.1 Å². The van der Waals surface area contributed by atoms with Crippen molar-refractivity contribution in [3.05, 3.63) is 36.0 Å². The highest BCUT2D eigenvalue weighted by molar-refractivity contribution is 7.87. The van der Waals surface area contributed by atoms with Crippen LogP contribution in [0, 0.1) is 0 Å². The molecular weight excluding hydrogens is 284 g/mol. The van der Waals surface area contributed by atoms with Gasteiger partial charge in [-0.15, -0.1) is 0 Å². The number of hydrogen-bond acceptors (Lipinski definition) is 5. The number of rotatable bonds is 4. The van der Waals surface area contributed by atoms with Gasteiger partial charge in [-0.1, -0.05) is 30.4 Å². The molecule has 0 aliphatic carbocycles. The van der Waals surface area contributed by atoms with Crippen LogP contribution in [0.1, 0.15) is 17.3 Å². The summed E-state index contributed by atoms with van der Waals surface area (Å²) in [7, 11) is -1.08. The molecular formula is C12H12N2O3S2. The lowest BCUT2D eigenvalue weighted by Crippen LogP contribution is -2.11. The largest absolute Gasteiger partial charge is 0.507 e. The third kappa shape index (κ3) is 3.18. The molecule has 2 rings (SSSR count). The fourth-order valence-electron chi connectivity index (χ4n) is 1.39. The molecule has 100 valence electrons. The van der Waals surface area contributed by atoms with E-state index >= 15 is 0 Å². The maximum atomic E-state index is 11.9. The van der Waals surface area contributed by atoms with Crippen LogP contribution < -0.4 is 5.32 Å². The van der Waals surface area contributed by atoms with Crippen molar-refractivity contribution in [3.8, 4) is 5.75 Å². The maximum absolute atomic E-state index is 11.9. The third-order valence-corrected chi connectivity index (χ3v) is 4.93. The fourth-order valence-corrected chi connectivity index (χ4v) is 3.36. The van der Waals surface area contributed by atoms with E-state index in [9.17, 15) is 14.1 Å². The summed E-state index contributed by atoms with van der Waals surface area (Å²) >= 11 is 1.17. The Morgan fingerprint density at radius 3 is 2.89 bits per heavy atom. The van der Waals surface area contributed by atoms with E-state index < -0.39 is 16.7 Å². The number of nitrogens with zero attached hydrogens (tertiary/aromatic N) is 1. The number of phenolic OH excluding ortho intramolecular Hbond substituents is 1. The van der Waals surface area contributed by atoms with Crippen LogP contribution in [0.3, 0.4) is 0 Å². The number of hydrogen-bond donors (Lipinski definition) is 2. The minimum Gasteiger partial charge on any atom is -0.507 e. The lowest BCUT2D eigenvalue weighted by atomic mass is 10.2. The van der Waals surface area contributed by atoms with Crippen LogP contribution in [-0.4, -0.2) is 26.0 Å². The van der Waals surface area contributed by atoms with Gasteiger partial charge >= 0.3 is 0 Å². The predicted molar refractivity (Wildman–Crippen MR) is 75.1 cm³/mol. The molecule has 1 aromatic heterocycles. The number of carbonyl (C=O) groups is 1. The first kappa shape index (κ1) is 13.7. The number of thiazole rings is 1. The normalized spacial score (nSPS) is 12.1. The zero-order chi connectivity index (χ0) is 13.8. The molecule has 5 nitrogen and oxygen atoms in total. The Labute approximate surface area is 116 Å². The van der Waals surface area contributed by atoms with Crippen molar-refractivity contribution in [3.63, 3.8) is 0 Å². The molecule has 1 heterocycles. The monoisotopic (exact) mass is 296 g/mol. The first-order valence-electron chi connectivity index (χ1n) is 5.55. The van der Waals surface area contributed by atoms with Crippen molar-refractivity contribution in [2.45, 2.75) is 11.1 Å². The van der Waals surface area contributed by atoms with Crippen molar-refractivity contribution in [2.24, 2.45) is 0 Å². The number of aromatic hydroxyl groups is 1. The Kier molecular flexibility index (Phi) is 4.28. The van der Waals surface area contributed by atoms with Crippen LogP contribution in [0.5, 0.6) is 5.75 Å². The summed E-state index contributed by atoms with van der Waals surface area (Å²) in [6.45, 7) is 1.82. The van der Waals surface area contributed by atoms with Gasteiger partial charge in [-0.05, 0) is 12.1 Å². The summed E-state index contributed by atoms with van der Waals surface area (Å²) < 4.78 is 12.2. The molecule has 0 aliphatic rings. The summed E-state index contributed by atoms with van der Waals surface area (Å²) in [6.07, 6.45) is 1.49. The van der Waals surface area contributed by atoms with Crippen molar-refractivity contribution < 1.29 is 14.1 Å². The van der Waals surface area contributed by atoms with E-state index in [1.807, 2.05) is 6.92 Å². The predicted octanol–water partition coefficient (Wildman–Crippen LogP) is 2.23. The zero-order valence-electron chi connectivity index (χ0n) is 10.1. The highest BCUT2D eigenvalue weighted by Gasteiger charge is 2.13. The van der Waals surface area contributed by atoms with Gasteiger partial charge in [0, 0.05) is 5.75 Å². The van der Waals surface area contributed by atoms with Crippen LogP contribution in [-0.2, 0) is 10.8 Å². The Hall–Kier alpha value is -1.73. The highest BCUT2D eigenvalue weighted by Crippen LogP contribution is 2.23. The summed E-state index contributed by atoms with van der Waals surface area (Å²) in [4.78, 5) is 15.9. The van der Waals surface area contributed by atoms with Crippen LogP contribution in [0.15, 0.2) is 34.7 Å². The minimum atomic E-state index is -1.08. The van der Waals surface area contributed by atoms with Crippen molar-refractivity contribution in [1.29, 1.82) is 0 Å². The summed E-state index contributed by atoms with van der Waals surface area (Å²) in [5, 5.41) is 12.5. The molecule has 0 spiro atoms. The highest BCUT2D eigenvalue weighted by atomic mass is 32.2. The molecule has 1 aromatic carbocycles. The van der Waals surface area contributed by atoms with E-state index in [4.69, 9.17) is 0 Å². The van der Waals surface area contributed by atoms with Gasteiger partial charge in [0.25, 0.3) is 5.91 Å². The van der Waals surface area contributed by atoms with Crippen LogP contribution in [0.4, 0.5) is 5.13 Å². The molecule has 0 radical (unpaired) electrons. The third-order valence-electron chi connectivity index (χ3n) is 2.34. The first-order valence-corrected chi connectivity index (χ1v) is 7.69. The zero-order valence-corrected chi connectivity index (χ0v) is 11.8. The van der Waals surface area contributed by atoms with Crippen molar-refractivity contribution in [1.82, 2.24) is 4.98 Å². The van der Waals surface area contributed by atoms with Crippen molar-refractivity contribution in [2.75, 3.05) is 11.1 Å². The van der Waals surface area contributed by atoms with Gasteiger partial charge in [0.1, 0.15) is 9.96 Å². The number of carbonyl (C=O) groups excluding carboxylic acids is 1. The van der Waals surface area contributed by atoms with Crippen LogP contribution in [0.2, 0.25) is 0 Å². The van der Waals surface area contributed by atoms with E-state index in [0.717, 1.165) is 0 Å². The molecule has 0 saturated carbocycles. The first-order chi connectivity index (χ1) is 9.11. The molecule has 7 heteroatoms. The van der Waals surface area contributed by atoms with E-state index in [0.29, 0.717) is 15.1 Å². The molecule has 2 aromatic rings. The molecule has 1 atom stereocenters. The second-order valence-corrected chi connectivity index (χ2v) is 6.59. The van der Waals surface area contributed by atoms with Gasteiger partial charge in [0.2, 0.25) is 0 Å². The molecule has 0 saturated heterocycles. The van der Waals surface area contributed by atoms with Gasteiger partial charge in [0.15, 0.2) is 5.13 Å². The van der Waals surface area contributed by atoms with Crippen molar-refractivity contribution >= 4 is 33.2 Å². The number of amides is 1. The topological polar surface area (TPSA) is 79.3 Å². The second-order valence-electron chi connectivity index (χ2n) is 3.59. The number of anilines is 1. The average Bonchev–Trinajstić information content (AvgIpc) is 2.86. The molecule has 0 fully saturated rings. The molecule has 19 heavy (non-hydrogen) atoms. The Balaban J connectivity index is 2.14. The lowest BCUT2D eigenvalue weighted by Gasteiger charge is -2.03. The lowest BCUT2D eigenvalue weighted by molar-refractivity contribution is 0.102. The number of para-hydroxylation sites is 1. The smallest absolute Gasteiger partial charge is 0.261 e. The minimum absolute atomic E-state index is 0.0890. The summed E-state index contributed by atoms with van der Waals surface area (Å²) in [5.74, 6) is -0.0232. The summed E-state index contributed by atoms with van der Waals surface area (Å²) in [6, 6.07) is 6.25. The second kappa shape index (κ2) is 5.94. The van der Waals surface area contributed by atoms with E-state index in [-0.39, 0.29) is 11.3 Å². The van der Waals surface area contributed by atoms with Gasteiger partial charge in [-0.2, -0.15) is 0 Å². The molecule has 2 N–H and O–H groups in total. The quantitative estimate of drug-likeness (QED) is 0.906. The molecule has 0 bridgehead atoms. The number of nitrogens with one attached hydrogen (secondary N) is 1. The SMILES string of the molecule is CCS(=O)c1cnc(NC(=O)c2ccccc2O)s1. The molecule has 0 aliphatic heterocycles. The number of aromatic nitrogens is 1. The van der Waals surface area contributed by atoms with E-state index in [1.165, 1.54) is 29.7 Å². The maximum Gasteiger partial charge on any atom is 0.261 e. The Morgan fingerprint density at radius 1 is 1.47 bits per heavy atom.